The second-order valence-electron chi connectivity index (χ2n) is 23.2. The predicted octanol–water partition coefficient (Wildman–Crippen LogP) is 16.6. The van der Waals surface area contributed by atoms with Crippen molar-refractivity contribution in [1.82, 2.24) is 5.32 Å². The highest BCUT2D eigenvalue weighted by atomic mass is 16.7. The number of amides is 1. The summed E-state index contributed by atoms with van der Waals surface area (Å²) in [7, 11) is 0. The van der Waals surface area contributed by atoms with Gasteiger partial charge in [-0.05, 0) is 89.9 Å². The van der Waals surface area contributed by atoms with Crippen molar-refractivity contribution in [3.05, 3.63) is 60.8 Å². The summed E-state index contributed by atoms with van der Waals surface area (Å²) in [5, 5.41) is 54.4. The van der Waals surface area contributed by atoms with Gasteiger partial charge in [-0.1, -0.05) is 261 Å². The van der Waals surface area contributed by atoms with E-state index in [2.05, 4.69) is 67.8 Å². The number of carbonyl (C=O) groups is 2. The van der Waals surface area contributed by atoms with E-state index in [0.717, 1.165) is 83.5 Å². The van der Waals surface area contributed by atoms with E-state index in [1.54, 1.807) is 6.08 Å². The summed E-state index contributed by atoms with van der Waals surface area (Å²) in [4.78, 5) is 25.1. The molecule has 1 aliphatic heterocycles. The van der Waals surface area contributed by atoms with E-state index in [1.165, 1.54) is 193 Å². The number of esters is 1. The third kappa shape index (κ3) is 46.8. The van der Waals surface area contributed by atoms with Crippen LogP contribution in [0.1, 0.15) is 303 Å². The zero-order valence-electron chi connectivity index (χ0n) is 51.5. The van der Waals surface area contributed by atoms with Gasteiger partial charge in [-0.2, -0.15) is 0 Å². The predicted molar refractivity (Wildman–Crippen MR) is 333 cm³/mol. The zero-order chi connectivity index (χ0) is 58.0. The fourth-order valence-corrected chi connectivity index (χ4v) is 10.2. The Kier molecular flexibility index (Phi) is 54.8. The standard InChI is InChI=1S/C69H125NO10/c1-3-5-7-9-11-13-15-16-33-37-41-45-49-53-57-65(74)78-58-54-50-46-42-38-34-31-29-27-25-23-21-19-17-18-20-22-24-26-28-30-32-36-40-44-48-52-56-64(73)70-61(60-79-69-68(77)67(76)66(75)63(59-71)80-69)62(72)55-51-47-43-39-35-14-12-10-8-6-4-2/h9,11,15-18,21,23,51,55,61-63,66-69,71-72,75-77H,3-8,10,12-14,19-20,22,24-50,52-54,56-60H2,1-2H3,(H,70,73)/b11-9-,16-15-,18-17-,23-21-,55-51+. The van der Waals surface area contributed by atoms with Gasteiger partial charge in [-0.15, -0.1) is 0 Å². The number of allylic oxidation sites excluding steroid dienone is 9. The number of rotatable bonds is 58. The van der Waals surface area contributed by atoms with Crippen molar-refractivity contribution in [2.75, 3.05) is 19.8 Å². The Hall–Kier alpha value is -2.64. The molecule has 1 aliphatic rings. The molecule has 1 heterocycles. The van der Waals surface area contributed by atoms with Crippen molar-refractivity contribution in [1.29, 1.82) is 0 Å². The van der Waals surface area contributed by atoms with E-state index in [-0.39, 0.29) is 18.5 Å². The fraction of sp³-hybridized carbons (Fsp3) is 0.826. The normalized spacial score (nSPS) is 18.7. The molecule has 1 amide bonds. The molecule has 7 unspecified atom stereocenters. The number of hydrogen-bond acceptors (Lipinski definition) is 10. The second kappa shape index (κ2) is 58.1. The van der Waals surface area contributed by atoms with Gasteiger partial charge in [0.2, 0.25) is 5.91 Å². The van der Waals surface area contributed by atoms with E-state index in [0.29, 0.717) is 19.4 Å². The van der Waals surface area contributed by atoms with Gasteiger partial charge >= 0.3 is 5.97 Å². The van der Waals surface area contributed by atoms with Crippen LogP contribution in [-0.2, 0) is 23.8 Å². The van der Waals surface area contributed by atoms with Crippen LogP contribution in [0.5, 0.6) is 0 Å². The first kappa shape index (κ1) is 75.4. The van der Waals surface area contributed by atoms with Gasteiger partial charge in [-0.3, -0.25) is 9.59 Å². The summed E-state index contributed by atoms with van der Waals surface area (Å²) in [6.45, 7) is 4.29. The number of aliphatic hydroxyl groups is 5. The highest BCUT2D eigenvalue weighted by Crippen LogP contribution is 2.23. The molecule has 0 aromatic rings. The molecule has 1 saturated heterocycles. The maximum absolute atomic E-state index is 13.0. The first-order valence-corrected chi connectivity index (χ1v) is 33.6. The number of nitrogens with one attached hydrogen (secondary N) is 1. The summed E-state index contributed by atoms with van der Waals surface area (Å²) >= 11 is 0. The molecule has 0 aromatic heterocycles. The number of unbranched alkanes of at least 4 members (excludes halogenated alkanes) is 36. The van der Waals surface area contributed by atoms with Crippen LogP contribution in [0, 0.1) is 0 Å². The molecule has 11 nitrogen and oxygen atoms in total. The third-order valence-corrected chi connectivity index (χ3v) is 15.6. The van der Waals surface area contributed by atoms with Crippen molar-refractivity contribution < 1.29 is 49.3 Å². The number of carbonyl (C=O) groups excluding carboxylic acids is 2. The molecule has 80 heavy (non-hydrogen) atoms. The quantitative estimate of drug-likeness (QED) is 0.0195. The molecule has 0 aliphatic carbocycles. The third-order valence-electron chi connectivity index (χ3n) is 15.6. The lowest BCUT2D eigenvalue weighted by molar-refractivity contribution is -0.302. The summed E-state index contributed by atoms with van der Waals surface area (Å²) in [6, 6.07) is -0.813. The second-order valence-corrected chi connectivity index (χ2v) is 23.2. The van der Waals surface area contributed by atoms with Gasteiger partial charge in [0.25, 0.3) is 0 Å². The number of ether oxygens (including phenoxy) is 3. The lowest BCUT2D eigenvalue weighted by Crippen LogP contribution is -2.60. The number of hydrogen-bond donors (Lipinski definition) is 6. The molecule has 466 valence electrons. The molecular weight excluding hydrogens is 1000 g/mol. The van der Waals surface area contributed by atoms with Crippen LogP contribution in [-0.4, -0.2) is 100 Å². The smallest absolute Gasteiger partial charge is 0.305 e. The molecule has 1 fully saturated rings. The molecule has 0 aromatic carbocycles. The minimum atomic E-state index is -1.57. The maximum atomic E-state index is 13.0. The highest BCUT2D eigenvalue weighted by Gasteiger charge is 2.44. The van der Waals surface area contributed by atoms with Crippen molar-refractivity contribution in [3.8, 4) is 0 Å². The molecule has 0 spiro atoms. The van der Waals surface area contributed by atoms with Crippen LogP contribution in [0.3, 0.4) is 0 Å². The van der Waals surface area contributed by atoms with E-state index in [1.807, 2.05) is 6.08 Å². The van der Waals surface area contributed by atoms with Crippen molar-refractivity contribution in [3.63, 3.8) is 0 Å². The first-order chi connectivity index (χ1) is 39.2. The Bertz CT molecular complexity index is 1510. The van der Waals surface area contributed by atoms with Gasteiger partial charge in [0.1, 0.15) is 24.4 Å². The summed E-state index contributed by atoms with van der Waals surface area (Å²) in [6.07, 6.45) is 66.2. The minimum Gasteiger partial charge on any atom is -0.466 e. The number of aliphatic hydroxyl groups excluding tert-OH is 5. The van der Waals surface area contributed by atoms with E-state index in [4.69, 9.17) is 14.2 Å². The Balaban J connectivity index is 2.00. The van der Waals surface area contributed by atoms with Crippen LogP contribution in [0.2, 0.25) is 0 Å². The highest BCUT2D eigenvalue weighted by molar-refractivity contribution is 5.76. The monoisotopic (exact) mass is 1130 g/mol. The average molecular weight is 1130 g/mol. The molecule has 0 radical (unpaired) electrons. The lowest BCUT2D eigenvalue weighted by atomic mass is 9.99. The molecule has 6 N–H and O–H groups in total. The van der Waals surface area contributed by atoms with Crippen LogP contribution in [0.25, 0.3) is 0 Å². The van der Waals surface area contributed by atoms with Gasteiger partial charge in [0.05, 0.1) is 32.0 Å². The van der Waals surface area contributed by atoms with E-state index in [9.17, 15) is 35.1 Å². The van der Waals surface area contributed by atoms with Crippen molar-refractivity contribution >= 4 is 11.9 Å². The van der Waals surface area contributed by atoms with E-state index < -0.39 is 49.5 Å². The van der Waals surface area contributed by atoms with Crippen LogP contribution < -0.4 is 5.32 Å². The van der Waals surface area contributed by atoms with Gasteiger partial charge in [0.15, 0.2) is 6.29 Å². The molecule has 11 heteroatoms. The largest absolute Gasteiger partial charge is 0.466 e. The fourth-order valence-electron chi connectivity index (χ4n) is 10.2. The topological polar surface area (TPSA) is 175 Å². The van der Waals surface area contributed by atoms with Crippen molar-refractivity contribution in [2.24, 2.45) is 0 Å². The molecule has 0 bridgehead atoms. The first-order valence-electron chi connectivity index (χ1n) is 33.6. The van der Waals surface area contributed by atoms with Gasteiger partial charge in [0, 0.05) is 12.8 Å². The molecular formula is C69H125NO10. The Morgan fingerprint density at radius 1 is 0.463 bits per heavy atom. The summed E-state index contributed by atoms with van der Waals surface area (Å²) in [5.41, 5.74) is 0. The molecule has 0 saturated carbocycles. The van der Waals surface area contributed by atoms with Gasteiger partial charge < -0.3 is 45.1 Å². The van der Waals surface area contributed by atoms with E-state index >= 15 is 0 Å². The maximum Gasteiger partial charge on any atom is 0.305 e. The van der Waals surface area contributed by atoms with Gasteiger partial charge in [-0.25, -0.2) is 0 Å². The van der Waals surface area contributed by atoms with Crippen LogP contribution >= 0.6 is 0 Å². The molecule has 1 rings (SSSR count). The van der Waals surface area contributed by atoms with Crippen LogP contribution in [0.4, 0.5) is 0 Å². The zero-order valence-corrected chi connectivity index (χ0v) is 51.5. The lowest BCUT2D eigenvalue weighted by Gasteiger charge is -2.40. The SMILES string of the molecule is CCCC/C=C\C/C=C\CCCCCCCC(=O)OCCCCCCCCCCC/C=C\C/C=C\CCCCCCCCCCCCCC(=O)NC(COC1OC(CO)C(O)C(O)C1O)C(O)/C=C/CCCCCCCCCCC. The summed E-state index contributed by atoms with van der Waals surface area (Å²) in [5.74, 6) is -0.200. The molecule has 7 atom stereocenters. The Morgan fingerprint density at radius 3 is 1.30 bits per heavy atom. The minimum absolute atomic E-state index is 0.0141. The summed E-state index contributed by atoms with van der Waals surface area (Å²) < 4.78 is 16.7. The van der Waals surface area contributed by atoms with Crippen LogP contribution in [0.15, 0.2) is 60.8 Å². The average Bonchev–Trinajstić information content (AvgIpc) is 3.46. The Morgan fingerprint density at radius 2 is 0.850 bits per heavy atom. The van der Waals surface area contributed by atoms with Crippen molar-refractivity contribution in [2.45, 2.75) is 346 Å². The Labute approximate surface area is 490 Å².